The molecule has 102 valence electrons. The summed E-state index contributed by atoms with van der Waals surface area (Å²) in [7, 11) is 1.72. The summed E-state index contributed by atoms with van der Waals surface area (Å²) in [4.78, 5) is 0. The molecular formula is C13H18F3NO. The van der Waals surface area contributed by atoms with E-state index < -0.39 is 11.7 Å². The molecule has 0 saturated carbocycles. The van der Waals surface area contributed by atoms with Gasteiger partial charge in [0.05, 0.1) is 12.2 Å². The zero-order chi connectivity index (χ0) is 13.6. The normalized spacial score (nSPS) is 13.6. The molecule has 1 aromatic rings. The molecule has 0 saturated heterocycles. The summed E-state index contributed by atoms with van der Waals surface area (Å²) in [5.41, 5.74) is -0.272. The Kier molecular flexibility index (Phi) is 5.62. The summed E-state index contributed by atoms with van der Waals surface area (Å²) in [6, 6.07) is 5.54. The van der Waals surface area contributed by atoms with Crippen LogP contribution in [0.25, 0.3) is 0 Å². The number of rotatable bonds is 6. The van der Waals surface area contributed by atoms with Crippen LogP contribution in [-0.4, -0.2) is 26.3 Å². The maximum atomic E-state index is 12.8. The van der Waals surface area contributed by atoms with Crippen molar-refractivity contribution in [2.45, 2.75) is 25.6 Å². The van der Waals surface area contributed by atoms with Gasteiger partial charge < -0.3 is 10.1 Å². The summed E-state index contributed by atoms with van der Waals surface area (Å²) >= 11 is 0. The fraction of sp³-hybridized carbons (Fsp3) is 0.538. The van der Waals surface area contributed by atoms with E-state index in [1.807, 2.05) is 6.92 Å². The molecule has 0 spiro atoms. The summed E-state index contributed by atoms with van der Waals surface area (Å²) in [5.74, 6) is 0. The second-order valence-corrected chi connectivity index (χ2v) is 4.00. The van der Waals surface area contributed by atoms with Crippen molar-refractivity contribution < 1.29 is 17.9 Å². The van der Waals surface area contributed by atoms with E-state index in [2.05, 4.69) is 5.32 Å². The van der Waals surface area contributed by atoms with E-state index in [-0.39, 0.29) is 6.04 Å². The Morgan fingerprint density at radius 1 is 1.28 bits per heavy atom. The molecule has 1 rings (SSSR count). The lowest BCUT2D eigenvalue weighted by Gasteiger charge is -2.19. The van der Waals surface area contributed by atoms with Crippen LogP contribution in [0.5, 0.6) is 0 Å². The van der Waals surface area contributed by atoms with Crippen molar-refractivity contribution in [2.24, 2.45) is 0 Å². The number of benzene rings is 1. The first-order valence-corrected chi connectivity index (χ1v) is 5.89. The Labute approximate surface area is 105 Å². The van der Waals surface area contributed by atoms with E-state index in [0.717, 1.165) is 6.07 Å². The summed E-state index contributed by atoms with van der Waals surface area (Å²) in [6.07, 6.45) is -4.01. The van der Waals surface area contributed by atoms with E-state index in [9.17, 15) is 13.2 Å². The van der Waals surface area contributed by atoms with Crippen molar-refractivity contribution in [1.82, 2.24) is 5.32 Å². The number of likely N-dealkylation sites (N-methyl/N-ethyl adjacent to an activating group) is 1. The van der Waals surface area contributed by atoms with E-state index in [4.69, 9.17) is 4.74 Å². The SMILES string of the molecule is CCOCC(Cc1ccccc1C(F)(F)F)NC. The van der Waals surface area contributed by atoms with Crippen molar-refractivity contribution in [3.63, 3.8) is 0 Å². The summed E-state index contributed by atoms with van der Waals surface area (Å²) in [6.45, 7) is 2.81. The van der Waals surface area contributed by atoms with Crippen LogP contribution in [-0.2, 0) is 17.3 Å². The highest BCUT2D eigenvalue weighted by Crippen LogP contribution is 2.32. The Bertz CT molecular complexity index is 365. The molecule has 1 unspecified atom stereocenters. The molecule has 0 aliphatic rings. The van der Waals surface area contributed by atoms with Crippen LogP contribution in [0.15, 0.2) is 24.3 Å². The molecule has 0 amide bonds. The standard InChI is InChI=1S/C13H18F3NO/c1-3-18-9-11(17-2)8-10-6-4-5-7-12(10)13(14,15)16/h4-7,11,17H,3,8-9H2,1-2H3. The lowest BCUT2D eigenvalue weighted by molar-refractivity contribution is -0.138. The maximum Gasteiger partial charge on any atom is 0.416 e. The van der Waals surface area contributed by atoms with Crippen LogP contribution in [0.2, 0.25) is 0 Å². The molecule has 0 aromatic heterocycles. The van der Waals surface area contributed by atoms with Gasteiger partial charge in [0.15, 0.2) is 0 Å². The van der Waals surface area contributed by atoms with Gasteiger partial charge in [-0.1, -0.05) is 18.2 Å². The maximum absolute atomic E-state index is 12.8. The van der Waals surface area contributed by atoms with Gasteiger partial charge in [0.25, 0.3) is 0 Å². The third-order valence-electron chi connectivity index (χ3n) is 2.72. The zero-order valence-electron chi connectivity index (χ0n) is 10.6. The van der Waals surface area contributed by atoms with E-state index in [1.54, 1.807) is 13.1 Å². The second kappa shape index (κ2) is 6.75. The fourth-order valence-electron chi connectivity index (χ4n) is 1.74. The molecular weight excluding hydrogens is 243 g/mol. The molecule has 0 aliphatic carbocycles. The lowest BCUT2D eigenvalue weighted by Crippen LogP contribution is -2.33. The molecule has 1 N–H and O–H groups in total. The van der Waals surface area contributed by atoms with Crippen molar-refractivity contribution in [1.29, 1.82) is 0 Å². The van der Waals surface area contributed by atoms with Gasteiger partial charge in [-0.3, -0.25) is 0 Å². The number of halogens is 3. The van der Waals surface area contributed by atoms with Crippen LogP contribution in [0.3, 0.4) is 0 Å². The molecule has 1 atom stereocenters. The highest BCUT2D eigenvalue weighted by Gasteiger charge is 2.33. The zero-order valence-corrected chi connectivity index (χ0v) is 10.6. The third-order valence-corrected chi connectivity index (χ3v) is 2.72. The highest BCUT2D eigenvalue weighted by atomic mass is 19.4. The highest BCUT2D eigenvalue weighted by molar-refractivity contribution is 5.30. The first-order chi connectivity index (χ1) is 8.49. The van der Waals surface area contributed by atoms with Gasteiger partial charge in [-0.05, 0) is 32.0 Å². The number of hydrogen-bond acceptors (Lipinski definition) is 2. The summed E-state index contributed by atoms with van der Waals surface area (Å²) < 4.78 is 43.6. The van der Waals surface area contributed by atoms with Crippen molar-refractivity contribution >= 4 is 0 Å². The molecule has 5 heteroatoms. The van der Waals surface area contributed by atoms with Gasteiger partial charge in [0.1, 0.15) is 0 Å². The monoisotopic (exact) mass is 261 g/mol. The van der Waals surface area contributed by atoms with Gasteiger partial charge in [-0.25, -0.2) is 0 Å². The molecule has 2 nitrogen and oxygen atoms in total. The summed E-state index contributed by atoms with van der Waals surface area (Å²) in [5, 5.41) is 2.97. The Morgan fingerprint density at radius 2 is 1.94 bits per heavy atom. The van der Waals surface area contributed by atoms with Gasteiger partial charge in [-0.2, -0.15) is 13.2 Å². The lowest BCUT2D eigenvalue weighted by atomic mass is 10.0. The first kappa shape index (κ1) is 15.0. The molecule has 0 heterocycles. The van der Waals surface area contributed by atoms with E-state index in [0.29, 0.717) is 25.2 Å². The minimum Gasteiger partial charge on any atom is -0.380 e. The predicted molar refractivity (Wildman–Crippen MR) is 64.5 cm³/mol. The third kappa shape index (κ3) is 4.31. The number of alkyl halides is 3. The number of ether oxygens (including phenoxy) is 1. The van der Waals surface area contributed by atoms with Gasteiger partial charge in [-0.15, -0.1) is 0 Å². The molecule has 18 heavy (non-hydrogen) atoms. The molecule has 0 bridgehead atoms. The van der Waals surface area contributed by atoms with E-state index in [1.165, 1.54) is 12.1 Å². The average Bonchev–Trinajstić information content (AvgIpc) is 2.33. The van der Waals surface area contributed by atoms with Crippen LogP contribution >= 0.6 is 0 Å². The van der Waals surface area contributed by atoms with Crippen LogP contribution in [0.1, 0.15) is 18.1 Å². The minimum absolute atomic E-state index is 0.117. The van der Waals surface area contributed by atoms with Crippen LogP contribution < -0.4 is 5.32 Å². The van der Waals surface area contributed by atoms with Crippen molar-refractivity contribution in [3.05, 3.63) is 35.4 Å². The molecule has 1 aromatic carbocycles. The second-order valence-electron chi connectivity index (χ2n) is 4.00. The topological polar surface area (TPSA) is 21.3 Å². The Morgan fingerprint density at radius 3 is 2.50 bits per heavy atom. The fourth-order valence-corrected chi connectivity index (χ4v) is 1.74. The molecule has 0 radical (unpaired) electrons. The molecule has 0 fully saturated rings. The predicted octanol–water partition coefficient (Wildman–Crippen LogP) is 2.87. The smallest absolute Gasteiger partial charge is 0.380 e. The van der Waals surface area contributed by atoms with Gasteiger partial charge >= 0.3 is 6.18 Å². The Hall–Kier alpha value is -1.07. The van der Waals surface area contributed by atoms with Crippen molar-refractivity contribution in [2.75, 3.05) is 20.3 Å². The quantitative estimate of drug-likeness (QED) is 0.850. The van der Waals surface area contributed by atoms with Crippen LogP contribution in [0.4, 0.5) is 13.2 Å². The van der Waals surface area contributed by atoms with Gasteiger partial charge in [0.2, 0.25) is 0 Å². The number of hydrogen-bond donors (Lipinski definition) is 1. The molecule has 0 aliphatic heterocycles. The largest absolute Gasteiger partial charge is 0.416 e. The van der Waals surface area contributed by atoms with Crippen LogP contribution in [0, 0.1) is 0 Å². The average molecular weight is 261 g/mol. The number of nitrogens with one attached hydrogen (secondary N) is 1. The van der Waals surface area contributed by atoms with Crippen molar-refractivity contribution in [3.8, 4) is 0 Å². The van der Waals surface area contributed by atoms with Gasteiger partial charge in [0, 0.05) is 12.6 Å². The Balaban J connectivity index is 2.82. The first-order valence-electron chi connectivity index (χ1n) is 5.89. The minimum atomic E-state index is -4.31. The van der Waals surface area contributed by atoms with E-state index >= 15 is 0 Å².